The van der Waals surface area contributed by atoms with Crippen molar-refractivity contribution in [3.8, 4) is 16.9 Å². The molecule has 0 aliphatic carbocycles. The molecule has 3 aromatic heterocycles. The minimum absolute atomic E-state index is 0.150. The number of nitrogens with two attached hydrogens (primary N) is 1. The molecule has 0 fully saturated rings. The lowest BCUT2D eigenvalue weighted by Crippen LogP contribution is -2.16. The summed E-state index contributed by atoms with van der Waals surface area (Å²) in [6.07, 6.45) is 6.65. The number of hydrogen-bond acceptors (Lipinski definition) is 6. The predicted octanol–water partition coefficient (Wildman–Crippen LogP) is 4.32. The van der Waals surface area contributed by atoms with Crippen LogP contribution in [0.25, 0.3) is 22.2 Å². The topological polar surface area (TPSA) is 95.9 Å². The molecule has 1 atom stereocenters. The smallest absolute Gasteiger partial charge is 0.194 e. The molecule has 2 N–H and O–H groups in total. The minimum Gasteiger partial charge on any atom is -0.496 e. The van der Waals surface area contributed by atoms with Gasteiger partial charge in [-0.3, -0.25) is 9.78 Å². The van der Waals surface area contributed by atoms with Gasteiger partial charge in [0.05, 0.1) is 13.2 Å². The number of methoxy groups -OCH3 is 1. The molecule has 4 aromatic rings. The predicted molar refractivity (Wildman–Crippen MR) is 123 cm³/mol. The van der Waals surface area contributed by atoms with Crippen LogP contribution < -0.4 is 15.9 Å². The summed E-state index contributed by atoms with van der Waals surface area (Å²) in [5.41, 5.74) is 10.8. The fourth-order valence-electron chi connectivity index (χ4n) is 3.90. The Bertz CT molecular complexity index is 1370. The van der Waals surface area contributed by atoms with Gasteiger partial charge < -0.3 is 15.0 Å². The number of hydrogen-bond donors (Lipinski definition) is 1. The molecular formula is C23H22ClN5O2. The Hall–Kier alpha value is -3.45. The molecule has 0 bridgehead atoms. The van der Waals surface area contributed by atoms with Crippen molar-refractivity contribution in [2.24, 2.45) is 0 Å². The van der Waals surface area contributed by atoms with Gasteiger partial charge in [0, 0.05) is 46.4 Å². The van der Waals surface area contributed by atoms with E-state index in [-0.39, 0.29) is 22.7 Å². The van der Waals surface area contributed by atoms with Gasteiger partial charge in [0.25, 0.3) is 0 Å². The number of fused-ring (bicyclic) bond motifs is 1. The molecule has 0 spiro atoms. The number of aromatic nitrogens is 4. The summed E-state index contributed by atoms with van der Waals surface area (Å²) >= 11 is 6.66. The molecule has 0 aliphatic heterocycles. The van der Waals surface area contributed by atoms with Crippen molar-refractivity contribution < 1.29 is 4.74 Å². The monoisotopic (exact) mass is 435 g/mol. The molecule has 0 saturated heterocycles. The molecule has 0 saturated carbocycles. The van der Waals surface area contributed by atoms with Crippen molar-refractivity contribution in [1.82, 2.24) is 19.5 Å². The summed E-state index contributed by atoms with van der Waals surface area (Å²) in [5.74, 6) is 0.840. The number of pyridine rings is 2. The van der Waals surface area contributed by atoms with Crippen LogP contribution in [0, 0.1) is 13.8 Å². The van der Waals surface area contributed by atoms with Gasteiger partial charge in [-0.25, -0.2) is 9.97 Å². The van der Waals surface area contributed by atoms with Crippen LogP contribution in [0.2, 0.25) is 5.02 Å². The van der Waals surface area contributed by atoms with E-state index >= 15 is 0 Å². The Balaban J connectivity index is 2.00. The van der Waals surface area contributed by atoms with E-state index in [1.165, 1.54) is 12.4 Å². The van der Waals surface area contributed by atoms with Gasteiger partial charge in [-0.05, 0) is 44.0 Å². The van der Waals surface area contributed by atoms with Crippen molar-refractivity contribution in [1.29, 1.82) is 0 Å². The third-order valence-electron chi connectivity index (χ3n) is 5.47. The number of benzene rings is 1. The molecule has 1 aromatic carbocycles. The van der Waals surface area contributed by atoms with Crippen LogP contribution in [-0.2, 0) is 0 Å². The summed E-state index contributed by atoms with van der Waals surface area (Å²) in [4.78, 5) is 25.0. The Morgan fingerprint density at radius 1 is 1.19 bits per heavy atom. The number of anilines is 1. The van der Waals surface area contributed by atoms with E-state index in [0.717, 1.165) is 27.8 Å². The molecule has 7 nitrogen and oxygen atoms in total. The fourth-order valence-corrected chi connectivity index (χ4v) is 4.11. The highest BCUT2D eigenvalue weighted by molar-refractivity contribution is 6.32. The van der Waals surface area contributed by atoms with Crippen LogP contribution in [0.15, 0.2) is 47.9 Å². The number of ether oxygens (including phenoxy) is 1. The van der Waals surface area contributed by atoms with Crippen molar-refractivity contribution >= 4 is 28.5 Å². The Kier molecular flexibility index (Phi) is 5.37. The fraction of sp³-hybridized carbons (Fsp3) is 0.217. The van der Waals surface area contributed by atoms with Crippen molar-refractivity contribution in [2.45, 2.75) is 26.8 Å². The highest BCUT2D eigenvalue weighted by Crippen LogP contribution is 2.43. The van der Waals surface area contributed by atoms with Crippen LogP contribution in [0.4, 0.5) is 5.82 Å². The molecule has 158 valence electrons. The quantitative estimate of drug-likeness (QED) is 0.512. The van der Waals surface area contributed by atoms with Crippen molar-refractivity contribution in [2.75, 3.05) is 12.8 Å². The van der Waals surface area contributed by atoms with Crippen molar-refractivity contribution in [3.63, 3.8) is 0 Å². The van der Waals surface area contributed by atoms with Crippen LogP contribution in [-0.4, -0.2) is 26.6 Å². The molecule has 1 unspecified atom stereocenters. The lowest BCUT2D eigenvalue weighted by Gasteiger charge is -2.24. The van der Waals surface area contributed by atoms with E-state index in [2.05, 4.69) is 15.0 Å². The molecule has 0 aliphatic rings. The maximum absolute atomic E-state index is 12.4. The zero-order valence-corrected chi connectivity index (χ0v) is 18.4. The van der Waals surface area contributed by atoms with E-state index in [1.807, 2.05) is 37.5 Å². The standard InChI is InChI=1S/C23H22ClN5O2/c1-12-7-15(10-26-9-12)19-13(2)17(24)8-16(21(19)31-4)14(3)29-6-5-18(30)20-22(25)27-11-28-23(20)29/h5-11,14H,1-4H3,(H2,25,27,28). The van der Waals surface area contributed by atoms with E-state index in [9.17, 15) is 4.79 Å². The third kappa shape index (κ3) is 3.51. The lowest BCUT2D eigenvalue weighted by atomic mass is 9.94. The summed E-state index contributed by atoms with van der Waals surface area (Å²) < 4.78 is 7.76. The molecule has 0 amide bonds. The number of nitrogens with zero attached hydrogens (tertiary/aromatic N) is 4. The van der Waals surface area contributed by atoms with Gasteiger partial charge in [-0.2, -0.15) is 0 Å². The van der Waals surface area contributed by atoms with Crippen molar-refractivity contribution in [3.05, 3.63) is 75.1 Å². The first-order chi connectivity index (χ1) is 14.8. The molecule has 4 rings (SSSR count). The molecule has 31 heavy (non-hydrogen) atoms. The minimum atomic E-state index is -0.262. The van der Waals surface area contributed by atoms with E-state index in [4.69, 9.17) is 22.1 Å². The summed E-state index contributed by atoms with van der Waals surface area (Å²) in [6.45, 7) is 5.94. The molecule has 8 heteroatoms. The zero-order valence-electron chi connectivity index (χ0n) is 17.7. The second kappa shape index (κ2) is 8.00. The first kappa shape index (κ1) is 20.8. The average molecular weight is 436 g/mol. The van der Waals surface area contributed by atoms with E-state index in [1.54, 1.807) is 25.7 Å². The molecule has 3 heterocycles. The Morgan fingerprint density at radius 3 is 2.68 bits per heavy atom. The second-order valence-corrected chi connectivity index (χ2v) is 7.86. The number of nitrogen functional groups attached to an aromatic ring is 1. The SMILES string of the molecule is COc1c(C(C)n2ccc(=O)c3c(N)ncnc32)cc(Cl)c(C)c1-c1cncc(C)c1. The highest BCUT2D eigenvalue weighted by Gasteiger charge is 2.23. The summed E-state index contributed by atoms with van der Waals surface area (Å²) in [7, 11) is 1.63. The Morgan fingerprint density at radius 2 is 1.97 bits per heavy atom. The Labute approximate surface area is 184 Å². The number of rotatable bonds is 4. The summed E-state index contributed by atoms with van der Waals surface area (Å²) in [6, 6.07) is 5.14. The maximum Gasteiger partial charge on any atom is 0.194 e. The first-order valence-corrected chi connectivity index (χ1v) is 10.1. The number of halogens is 1. The van der Waals surface area contributed by atoms with Gasteiger partial charge in [0.2, 0.25) is 0 Å². The average Bonchev–Trinajstić information content (AvgIpc) is 2.75. The largest absolute Gasteiger partial charge is 0.496 e. The molecule has 0 radical (unpaired) electrons. The van der Waals surface area contributed by atoms with Crippen LogP contribution in [0.5, 0.6) is 5.75 Å². The number of aryl methyl sites for hydroxylation is 1. The van der Waals surface area contributed by atoms with E-state index in [0.29, 0.717) is 16.4 Å². The lowest BCUT2D eigenvalue weighted by molar-refractivity contribution is 0.405. The van der Waals surface area contributed by atoms with Gasteiger partial charge in [-0.15, -0.1) is 0 Å². The van der Waals surface area contributed by atoms with E-state index < -0.39 is 0 Å². The van der Waals surface area contributed by atoms with Crippen LogP contribution in [0.3, 0.4) is 0 Å². The normalized spacial score (nSPS) is 12.2. The molecular weight excluding hydrogens is 414 g/mol. The van der Waals surface area contributed by atoms with Gasteiger partial charge in [0.15, 0.2) is 5.43 Å². The van der Waals surface area contributed by atoms with Gasteiger partial charge in [-0.1, -0.05) is 11.6 Å². The summed E-state index contributed by atoms with van der Waals surface area (Å²) in [5, 5.41) is 0.899. The third-order valence-corrected chi connectivity index (χ3v) is 5.87. The first-order valence-electron chi connectivity index (χ1n) is 9.73. The highest BCUT2D eigenvalue weighted by atomic mass is 35.5. The zero-order chi connectivity index (χ0) is 22.3. The second-order valence-electron chi connectivity index (χ2n) is 7.45. The van der Waals surface area contributed by atoms with Crippen LogP contribution in [0.1, 0.15) is 29.7 Å². The van der Waals surface area contributed by atoms with Gasteiger partial charge in [0.1, 0.15) is 28.9 Å². The van der Waals surface area contributed by atoms with Gasteiger partial charge >= 0.3 is 0 Å². The van der Waals surface area contributed by atoms with Crippen LogP contribution >= 0.6 is 11.6 Å². The maximum atomic E-state index is 12.4.